The maximum absolute atomic E-state index is 6.85. The van der Waals surface area contributed by atoms with Gasteiger partial charge in [0.2, 0.25) is 0 Å². The van der Waals surface area contributed by atoms with Crippen LogP contribution in [0.4, 0.5) is 0 Å². The maximum Gasteiger partial charge on any atom is 0.137 e. The molecule has 3 aromatic carbocycles. The molecule has 0 saturated heterocycles. The summed E-state index contributed by atoms with van der Waals surface area (Å²) < 4.78 is 11.4. The van der Waals surface area contributed by atoms with Crippen LogP contribution < -0.4 is 4.74 Å². The average molecular weight is 679 g/mol. The highest BCUT2D eigenvalue weighted by Crippen LogP contribution is 2.44. The largest absolute Gasteiger partial charge is 0.457 e. The minimum Gasteiger partial charge on any atom is -0.457 e. The number of pyridine rings is 1. The number of hydrogen-bond acceptors (Lipinski definition) is 3. The van der Waals surface area contributed by atoms with E-state index in [0.29, 0.717) is 17.8 Å². The fourth-order valence-electron chi connectivity index (χ4n) is 8.49. The maximum atomic E-state index is 6.85. The minimum atomic E-state index is -0.0809. The Bertz CT molecular complexity index is 2240. The number of para-hydroxylation sites is 1. The predicted molar refractivity (Wildman–Crippen MR) is 213 cm³/mol. The first kappa shape index (κ1) is 34.8. The van der Waals surface area contributed by atoms with Crippen molar-refractivity contribution in [3.8, 4) is 23.0 Å². The van der Waals surface area contributed by atoms with Gasteiger partial charge in [-0.3, -0.25) is 4.57 Å². The van der Waals surface area contributed by atoms with Crippen LogP contribution >= 0.6 is 0 Å². The van der Waals surface area contributed by atoms with Gasteiger partial charge >= 0.3 is 0 Å². The molecule has 0 saturated carbocycles. The van der Waals surface area contributed by atoms with Crippen molar-refractivity contribution < 1.29 is 4.74 Å². The van der Waals surface area contributed by atoms with E-state index in [2.05, 4.69) is 150 Å². The molecule has 5 nitrogen and oxygen atoms in total. The molecular weight excluding hydrogens is 625 g/mol. The lowest BCUT2D eigenvalue weighted by molar-refractivity contribution is 0.389. The highest BCUT2D eigenvalue weighted by molar-refractivity contribution is 6.09. The van der Waals surface area contributed by atoms with Gasteiger partial charge in [0.05, 0.1) is 22.4 Å². The lowest BCUT2D eigenvalue weighted by atomic mass is 9.72. The summed E-state index contributed by atoms with van der Waals surface area (Å²) in [5, 5.41) is 7.70. The second-order valence-electron chi connectivity index (χ2n) is 16.0. The van der Waals surface area contributed by atoms with E-state index in [1.54, 1.807) is 0 Å². The summed E-state index contributed by atoms with van der Waals surface area (Å²) >= 11 is 0. The number of benzene rings is 3. The highest BCUT2D eigenvalue weighted by Gasteiger charge is 2.32. The quantitative estimate of drug-likeness (QED) is 0.143. The van der Waals surface area contributed by atoms with Gasteiger partial charge in [-0.1, -0.05) is 84.7 Å². The Morgan fingerprint density at radius 2 is 1.65 bits per heavy atom. The van der Waals surface area contributed by atoms with E-state index >= 15 is 0 Å². The number of hydrogen-bond donors (Lipinski definition) is 0. The molecule has 1 unspecified atom stereocenters. The van der Waals surface area contributed by atoms with E-state index in [-0.39, 0.29) is 5.41 Å². The molecule has 1 aliphatic carbocycles. The van der Waals surface area contributed by atoms with Crippen molar-refractivity contribution in [3.63, 3.8) is 0 Å². The van der Waals surface area contributed by atoms with Crippen LogP contribution in [0, 0.1) is 18.8 Å². The Morgan fingerprint density at radius 3 is 2.39 bits per heavy atom. The molecule has 0 fully saturated rings. The van der Waals surface area contributed by atoms with Crippen molar-refractivity contribution in [2.24, 2.45) is 11.8 Å². The Kier molecular flexibility index (Phi) is 9.43. The Labute approximate surface area is 304 Å². The first-order chi connectivity index (χ1) is 24.5. The number of nitrogens with zero attached hydrogens (tertiary/aromatic N) is 4. The fraction of sp³-hybridized carbons (Fsp3) is 0.391. The number of fused-ring (bicyclic) bond motifs is 3. The molecule has 0 amide bonds. The third-order valence-electron chi connectivity index (χ3n) is 11.0. The van der Waals surface area contributed by atoms with E-state index in [0.717, 1.165) is 65.4 Å². The van der Waals surface area contributed by atoms with Crippen molar-refractivity contribution in [3.05, 3.63) is 119 Å². The lowest BCUT2D eigenvalue weighted by Crippen LogP contribution is -2.21. The van der Waals surface area contributed by atoms with Crippen LogP contribution in [0.3, 0.4) is 0 Å². The molecule has 0 spiro atoms. The Morgan fingerprint density at radius 1 is 0.863 bits per heavy atom. The third-order valence-corrected chi connectivity index (χ3v) is 11.0. The van der Waals surface area contributed by atoms with Crippen LogP contribution in [0.5, 0.6) is 11.5 Å². The number of unbranched alkanes of at least 4 members (excludes halogenated alkanes) is 1. The zero-order valence-electron chi connectivity index (χ0n) is 32.0. The standard InChI is InChI=1S/C46H54N4O/c1-10-12-16-41-45(44-30(4)22-29(3)23-31(44)5)32(6)48-50(41)35-25-34(46(7,8)9)26-37(27-35)51-36-18-19-39-38-15-13-14-17-40(38)49(42(39)28-36)43-24-33(11-2)20-21-47-43/h13-15,17-22,24-29,31,44H,10-12,16,23H2,1-9H3/t29-,31?,44-/m0/s1. The van der Waals surface area contributed by atoms with Crippen LogP contribution in [0.2, 0.25) is 0 Å². The fourth-order valence-corrected chi connectivity index (χ4v) is 8.49. The molecule has 1 aliphatic rings. The monoisotopic (exact) mass is 678 g/mol. The minimum absolute atomic E-state index is 0.0809. The third kappa shape index (κ3) is 6.64. The topological polar surface area (TPSA) is 44.9 Å². The molecule has 3 heterocycles. The summed E-state index contributed by atoms with van der Waals surface area (Å²) in [6.07, 6.45) is 9.85. The molecule has 5 heteroatoms. The molecular formula is C46H54N4O. The van der Waals surface area contributed by atoms with E-state index in [9.17, 15) is 0 Å². The molecule has 6 aromatic rings. The molecule has 0 radical (unpaired) electrons. The first-order valence-electron chi connectivity index (χ1n) is 19.1. The molecule has 0 N–H and O–H groups in total. The average Bonchev–Trinajstić information content (AvgIpc) is 3.60. The van der Waals surface area contributed by atoms with Crippen LogP contribution in [-0.2, 0) is 18.3 Å². The van der Waals surface area contributed by atoms with Crippen molar-refractivity contribution in [1.29, 1.82) is 0 Å². The second kappa shape index (κ2) is 13.8. The van der Waals surface area contributed by atoms with Gasteiger partial charge in [0, 0.05) is 46.3 Å². The lowest BCUT2D eigenvalue weighted by Gasteiger charge is -2.32. The summed E-state index contributed by atoms with van der Waals surface area (Å²) in [5.74, 6) is 4.13. The second-order valence-corrected chi connectivity index (χ2v) is 16.0. The number of rotatable bonds is 9. The number of ether oxygens (including phenoxy) is 1. The Hall–Kier alpha value is -4.64. The summed E-state index contributed by atoms with van der Waals surface area (Å²) in [6.45, 7) is 20.6. The van der Waals surface area contributed by atoms with Gasteiger partial charge in [-0.25, -0.2) is 9.67 Å². The summed E-state index contributed by atoms with van der Waals surface area (Å²) in [5.41, 5.74) is 11.1. The van der Waals surface area contributed by atoms with Crippen molar-refractivity contribution in [2.75, 3.05) is 0 Å². The van der Waals surface area contributed by atoms with Crippen molar-refractivity contribution >= 4 is 21.8 Å². The summed E-state index contributed by atoms with van der Waals surface area (Å²) in [4.78, 5) is 4.82. The smallest absolute Gasteiger partial charge is 0.137 e. The van der Waals surface area contributed by atoms with Crippen LogP contribution in [-0.4, -0.2) is 19.3 Å². The van der Waals surface area contributed by atoms with Gasteiger partial charge in [-0.2, -0.15) is 5.10 Å². The molecule has 3 atom stereocenters. The van der Waals surface area contributed by atoms with Crippen LogP contribution in [0.1, 0.15) is 109 Å². The van der Waals surface area contributed by atoms with Crippen molar-refractivity contribution in [2.45, 2.75) is 106 Å². The van der Waals surface area contributed by atoms with E-state index in [1.165, 1.54) is 45.2 Å². The van der Waals surface area contributed by atoms with Gasteiger partial charge in [-0.05, 0) is 110 Å². The van der Waals surface area contributed by atoms with Gasteiger partial charge in [0.15, 0.2) is 0 Å². The van der Waals surface area contributed by atoms with Gasteiger partial charge in [0.25, 0.3) is 0 Å². The van der Waals surface area contributed by atoms with E-state index in [4.69, 9.17) is 14.8 Å². The zero-order chi connectivity index (χ0) is 36.0. The zero-order valence-corrected chi connectivity index (χ0v) is 32.0. The SMILES string of the molecule is CCCCc1c([C@H]2C(C)=C[C@H](C)CC2C)c(C)nn1-c1cc(Oc2ccc3c4ccccc4n(-c4cc(CC)ccn4)c3c2)cc(C(C)(C)C)c1. The normalized spacial score (nSPS) is 18.1. The van der Waals surface area contributed by atoms with Gasteiger partial charge in [-0.15, -0.1) is 0 Å². The van der Waals surface area contributed by atoms with E-state index < -0.39 is 0 Å². The molecule has 264 valence electrons. The van der Waals surface area contributed by atoms with Crippen LogP contribution in [0.15, 0.2) is 90.6 Å². The molecule has 3 aromatic heterocycles. The van der Waals surface area contributed by atoms with Crippen molar-refractivity contribution in [1.82, 2.24) is 19.3 Å². The van der Waals surface area contributed by atoms with Gasteiger partial charge in [0.1, 0.15) is 17.3 Å². The number of aryl methyl sites for hydroxylation is 2. The first-order valence-corrected chi connectivity index (χ1v) is 19.1. The number of allylic oxidation sites excluding steroid dienone is 2. The summed E-state index contributed by atoms with van der Waals surface area (Å²) in [6, 6.07) is 26.0. The highest BCUT2D eigenvalue weighted by atomic mass is 16.5. The molecule has 51 heavy (non-hydrogen) atoms. The summed E-state index contributed by atoms with van der Waals surface area (Å²) in [7, 11) is 0. The molecule has 7 rings (SSSR count). The molecule has 0 bridgehead atoms. The van der Waals surface area contributed by atoms with Crippen LogP contribution in [0.25, 0.3) is 33.3 Å². The number of aromatic nitrogens is 4. The predicted octanol–water partition coefficient (Wildman–Crippen LogP) is 12.4. The van der Waals surface area contributed by atoms with Gasteiger partial charge < -0.3 is 4.74 Å². The Balaban J connectivity index is 1.36. The van der Waals surface area contributed by atoms with E-state index in [1.807, 2.05) is 6.20 Å². The molecule has 0 aliphatic heterocycles.